The number of nitrogens with zero attached hydrogens (tertiary/aromatic N) is 2. The molecular weight excluding hydrogens is 351 g/mol. The van der Waals surface area contributed by atoms with Gasteiger partial charge in [-0.3, -0.25) is 19.1 Å². The highest BCUT2D eigenvalue weighted by Crippen LogP contribution is 2.21. The molecule has 0 aliphatic heterocycles. The van der Waals surface area contributed by atoms with Gasteiger partial charge in [0, 0.05) is 18.7 Å². The molecule has 1 aromatic heterocycles. The van der Waals surface area contributed by atoms with Crippen LogP contribution in [0.15, 0.2) is 33.9 Å². The molecule has 0 fully saturated rings. The van der Waals surface area contributed by atoms with E-state index in [1.54, 1.807) is 0 Å². The third-order valence-corrected chi connectivity index (χ3v) is 4.10. The lowest BCUT2D eigenvalue weighted by molar-refractivity contribution is 0.0986. The number of halogens is 1. The van der Waals surface area contributed by atoms with Gasteiger partial charge in [0.15, 0.2) is 5.69 Å². The van der Waals surface area contributed by atoms with Gasteiger partial charge in [0.2, 0.25) is 0 Å². The molecule has 0 spiro atoms. The van der Waals surface area contributed by atoms with E-state index in [1.165, 1.54) is 33.7 Å². The Hall–Kier alpha value is -2.90. The van der Waals surface area contributed by atoms with Crippen molar-refractivity contribution in [1.82, 2.24) is 9.55 Å². The van der Waals surface area contributed by atoms with E-state index < -0.39 is 23.0 Å². The van der Waals surface area contributed by atoms with Crippen LogP contribution in [-0.4, -0.2) is 22.0 Å². The summed E-state index contributed by atoms with van der Waals surface area (Å²) in [5, 5.41) is 0. The van der Waals surface area contributed by atoms with Gasteiger partial charge in [-0.1, -0.05) is 27.2 Å². The lowest BCUT2D eigenvalue weighted by atomic mass is 10.1. The van der Waals surface area contributed by atoms with Gasteiger partial charge in [0.25, 0.3) is 11.5 Å². The average molecular weight is 376 g/mol. The fourth-order valence-corrected chi connectivity index (χ4v) is 2.76. The molecule has 0 aliphatic rings. The number of unbranched alkanes of at least 4 members (excludes halogenated alkanes) is 1. The van der Waals surface area contributed by atoms with Crippen LogP contribution in [0.1, 0.15) is 44.0 Å². The van der Waals surface area contributed by atoms with E-state index in [-0.39, 0.29) is 29.5 Å². The first-order valence-electron chi connectivity index (χ1n) is 8.96. The first-order valence-corrected chi connectivity index (χ1v) is 8.96. The van der Waals surface area contributed by atoms with Gasteiger partial charge < -0.3 is 10.6 Å². The summed E-state index contributed by atoms with van der Waals surface area (Å²) >= 11 is 0. The Morgan fingerprint density at radius 2 is 1.89 bits per heavy atom. The zero-order chi connectivity index (χ0) is 20.1. The van der Waals surface area contributed by atoms with Crippen LogP contribution in [0.3, 0.4) is 0 Å². The summed E-state index contributed by atoms with van der Waals surface area (Å²) in [6, 6.07) is 5.06. The highest BCUT2D eigenvalue weighted by molar-refractivity contribution is 6.07. The number of carbonyl (C=O) groups excluding carboxylic acids is 1. The molecule has 27 heavy (non-hydrogen) atoms. The van der Waals surface area contributed by atoms with E-state index in [0.29, 0.717) is 13.0 Å². The SMILES string of the molecule is CCCCN(C(=O)c1ccc(F)cc1)c1c(N)n(CC(C)C)c(=O)[nH]c1=O. The van der Waals surface area contributed by atoms with Gasteiger partial charge in [-0.15, -0.1) is 0 Å². The highest BCUT2D eigenvalue weighted by Gasteiger charge is 2.25. The normalized spacial score (nSPS) is 11.0. The Morgan fingerprint density at radius 1 is 1.26 bits per heavy atom. The predicted molar refractivity (Wildman–Crippen MR) is 104 cm³/mol. The average Bonchev–Trinajstić information content (AvgIpc) is 2.61. The number of rotatable bonds is 7. The molecule has 0 saturated heterocycles. The van der Waals surface area contributed by atoms with Crippen LogP contribution in [0.2, 0.25) is 0 Å². The zero-order valence-corrected chi connectivity index (χ0v) is 15.8. The van der Waals surface area contributed by atoms with Crippen LogP contribution in [0, 0.1) is 11.7 Å². The minimum Gasteiger partial charge on any atom is -0.383 e. The quantitative estimate of drug-likeness (QED) is 0.774. The van der Waals surface area contributed by atoms with Crippen molar-refractivity contribution >= 4 is 17.4 Å². The van der Waals surface area contributed by atoms with Gasteiger partial charge in [0.05, 0.1) is 0 Å². The number of aromatic amines is 1. The molecule has 146 valence electrons. The molecule has 2 aromatic rings. The molecular formula is C19H25FN4O3. The summed E-state index contributed by atoms with van der Waals surface area (Å²) in [7, 11) is 0. The number of hydrogen-bond donors (Lipinski definition) is 2. The van der Waals surface area contributed by atoms with Gasteiger partial charge >= 0.3 is 5.69 Å². The molecule has 0 aliphatic carbocycles. The van der Waals surface area contributed by atoms with Crippen LogP contribution >= 0.6 is 0 Å². The number of benzene rings is 1. The van der Waals surface area contributed by atoms with E-state index in [4.69, 9.17) is 5.73 Å². The van der Waals surface area contributed by atoms with E-state index in [0.717, 1.165) is 6.42 Å². The van der Waals surface area contributed by atoms with E-state index in [1.807, 2.05) is 20.8 Å². The minimum atomic E-state index is -0.718. The van der Waals surface area contributed by atoms with Gasteiger partial charge in [0.1, 0.15) is 11.6 Å². The Labute approximate surface area is 156 Å². The van der Waals surface area contributed by atoms with Gasteiger partial charge in [-0.25, -0.2) is 9.18 Å². The van der Waals surface area contributed by atoms with Crippen molar-refractivity contribution < 1.29 is 9.18 Å². The van der Waals surface area contributed by atoms with Crippen molar-refractivity contribution in [3.05, 3.63) is 56.5 Å². The molecule has 1 aromatic carbocycles. The summed E-state index contributed by atoms with van der Waals surface area (Å²) in [6.07, 6.45) is 1.42. The van der Waals surface area contributed by atoms with Crippen LogP contribution < -0.4 is 21.9 Å². The maximum absolute atomic E-state index is 13.2. The third kappa shape index (κ3) is 4.64. The molecule has 7 nitrogen and oxygen atoms in total. The molecule has 0 bridgehead atoms. The highest BCUT2D eigenvalue weighted by atomic mass is 19.1. The Kier molecular flexibility index (Phi) is 6.55. The molecule has 0 atom stereocenters. The van der Waals surface area contributed by atoms with Crippen molar-refractivity contribution in [1.29, 1.82) is 0 Å². The van der Waals surface area contributed by atoms with Crippen LogP contribution in [0.5, 0.6) is 0 Å². The third-order valence-electron chi connectivity index (χ3n) is 4.10. The van der Waals surface area contributed by atoms with Crippen LogP contribution in [-0.2, 0) is 6.54 Å². The molecule has 0 saturated carbocycles. The first kappa shape index (κ1) is 20.4. The largest absolute Gasteiger partial charge is 0.383 e. The maximum Gasteiger partial charge on any atom is 0.330 e. The number of nitrogens with one attached hydrogen (secondary N) is 1. The Morgan fingerprint density at radius 3 is 2.44 bits per heavy atom. The molecule has 0 unspecified atom stereocenters. The van der Waals surface area contributed by atoms with Gasteiger partial charge in [-0.05, 0) is 36.6 Å². The van der Waals surface area contributed by atoms with Crippen molar-refractivity contribution in [2.24, 2.45) is 5.92 Å². The van der Waals surface area contributed by atoms with Crippen molar-refractivity contribution in [3.63, 3.8) is 0 Å². The fourth-order valence-electron chi connectivity index (χ4n) is 2.76. The molecule has 1 amide bonds. The fraction of sp³-hybridized carbons (Fsp3) is 0.421. The molecule has 3 N–H and O–H groups in total. The smallest absolute Gasteiger partial charge is 0.330 e. The minimum absolute atomic E-state index is 0.0518. The Balaban J connectivity index is 2.59. The summed E-state index contributed by atoms with van der Waals surface area (Å²) in [4.78, 5) is 41.1. The number of hydrogen-bond acceptors (Lipinski definition) is 4. The number of carbonyl (C=O) groups is 1. The Bertz CT molecular complexity index is 916. The summed E-state index contributed by atoms with van der Waals surface area (Å²) in [5.74, 6) is -0.880. The molecule has 1 heterocycles. The summed E-state index contributed by atoms with van der Waals surface area (Å²) < 4.78 is 14.4. The molecule has 2 rings (SSSR count). The van der Waals surface area contributed by atoms with Crippen molar-refractivity contribution in [2.75, 3.05) is 17.2 Å². The number of nitrogens with two attached hydrogens (primary N) is 1. The predicted octanol–water partition coefficient (Wildman–Crippen LogP) is 2.36. The molecule has 0 radical (unpaired) electrons. The number of anilines is 2. The van der Waals surface area contributed by atoms with Crippen molar-refractivity contribution in [2.45, 2.75) is 40.2 Å². The lowest BCUT2D eigenvalue weighted by Crippen LogP contribution is -2.42. The second kappa shape index (κ2) is 8.66. The zero-order valence-electron chi connectivity index (χ0n) is 15.8. The lowest BCUT2D eigenvalue weighted by Gasteiger charge is -2.25. The van der Waals surface area contributed by atoms with Crippen LogP contribution in [0.4, 0.5) is 15.9 Å². The van der Waals surface area contributed by atoms with E-state index in [9.17, 15) is 18.8 Å². The number of aromatic nitrogens is 2. The van der Waals surface area contributed by atoms with Gasteiger partial charge in [-0.2, -0.15) is 0 Å². The number of H-pyrrole nitrogens is 1. The maximum atomic E-state index is 13.2. The number of nitrogen functional groups attached to an aromatic ring is 1. The second-order valence-electron chi connectivity index (χ2n) is 6.81. The second-order valence-corrected chi connectivity index (χ2v) is 6.81. The van der Waals surface area contributed by atoms with E-state index in [2.05, 4.69) is 4.98 Å². The van der Waals surface area contributed by atoms with Crippen molar-refractivity contribution in [3.8, 4) is 0 Å². The summed E-state index contributed by atoms with van der Waals surface area (Å²) in [6.45, 7) is 6.33. The standard InChI is InChI=1S/C19H25FN4O3/c1-4-5-10-23(18(26)13-6-8-14(20)9-7-13)15-16(21)24(11-12(2)3)19(27)22-17(15)25/h6-9,12H,4-5,10-11,21H2,1-3H3,(H,22,25,27). The topological polar surface area (TPSA) is 101 Å². The number of amides is 1. The first-order chi connectivity index (χ1) is 12.8. The molecule has 8 heteroatoms. The van der Waals surface area contributed by atoms with Crippen LogP contribution in [0.25, 0.3) is 0 Å². The monoisotopic (exact) mass is 376 g/mol. The summed E-state index contributed by atoms with van der Waals surface area (Å²) in [5.41, 5.74) is 4.98. The van der Waals surface area contributed by atoms with E-state index >= 15 is 0 Å².